The predicted molar refractivity (Wildman–Crippen MR) is 58.4 cm³/mol. The molecule has 1 rings (SSSR count). The van der Waals surface area contributed by atoms with E-state index in [2.05, 4.69) is 20.8 Å². The Labute approximate surface area is 119 Å². The molecule has 1 unspecified atom stereocenters. The molecule has 0 N–H and O–H groups in total. The van der Waals surface area contributed by atoms with E-state index in [1.807, 2.05) is 24.3 Å². The van der Waals surface area contributed by atoms with Crippen LogP contribution in [-0.4, -0.2) is 5.97 Å². The van der Waals surface area contributed by atoms with Crippen molar-refractivity contribution >= 4 is 5.97 Å². The molecule has 0 fully saturated rings. The number of aliphatic carboxylic acids is 1. The first-order valence-corrected chi connectivity index (χ1v) is 5.29. The van der Waals surface area contributed by atoms with Crippen molar-refractivity contribution in [2.45, 2.75) is 33.1 Å². The molecule has 82 valence electrons. The van der Waals surface area contributed by atoms with Crippen molar-refractivity contribution in [1.29, 1.82) is 0 Å². The zero-order valence-corrected chi connectivity index (χ0v) is 12.5. The van der Waals surface area contributed by atoms with E-state index in [4.69, 9.17) is 0 Å². The van der Waals surface area contributed by atoms with Crippen molar-refractivity contribution in [3.63, 3.8) is 0 Å². The van der Waals surface area contributed by atoms with Crippen LogP contribution in [0.2, 0.25) is 0 Å². The van der Waals surface area contributed by atoms with Crippen molar-refractivity contribution in [2.24, 2.45) is 5.92 Å². The van der Waals surface area contributed by atoms with Crippen LogP contribution in [0.4, 0.5) is 0 Å². The van der Waals surface area contributed by atoms with Gasteiger partial charge < -0.3 is 9.90 Å². The smallest absolute Gasteiger partial charge is 0.550 e. The molecule has 1 aromatic carbocycles. The third kappa shape index (κ3) is 4.69. The van der Waals surface area contributed by atoms with E-state index in [1.165, 1.54) is 5.56 Å². The molecule has 0 saturated heterocycles. The van der Waals surface area contributed by atoms with E-state index >= 15 is 0 Å². The van der Waals surface area contributed by atoms with Crippen molar-refractivity contribution < 1.29 is 39.5 Å². The largest absolute Gasteiger partial charge is 1.00 e. The summed E-state index contributed by atoms with van der Waals surface area (Å²) in [7, 11) is 0. The fourth-order valence-electron chi connectivity index (χ4n) is 1.49. The minimum Gasteiger partial charge on any atom is -0.550 e. The molecule has 0 aromatic heterocycles. The van der Waals surface area contributed by atoms with Crippen LogP contribution in [0.5, 0.6) is 0 Å². The zero-order valence-electron chi connectivity index (χ0n) is 10.5. The Hall–Kier alpha value is -0.310. The Morgan fingerprint density at radius 2 is 1.69 bits per heavy atom. The van der Waals surface area contributed by atoms with Gasteiger partial charge in [0.25, 0.3) is 0 Å². The van der Waals surface area contributed by atoms with Crippen LogP contribution in [0.15, 0.2) is 24.3 Å². The first kappa shape index (κ1) is 15.7. The molecule has 0 amide bonds. The Bertz CT molecular complexity index is 330. The van der Waals surface area contributed by atoms with Gasteiger partial charge in [0.1, 0.15) is 0 Å². The van der Waals surface area contributed by atoms with Gasteiger partial charge in [0.05, 0.1) is 0 Å². The molecular formula is C13H17NaO2. The van der Waals surface area contributed by atoms with Gasteiger partial charge in [-0.05, 0) is 23.0 Å². The molecule has 3 heteroatoms. The summed E-state index contributed by atoms with van der Waals surface area (Å²) in [5.41, 5.74) is 2.06. The van der Waals surface area contributed by atoms with Gasteiger partial charge in [0, 0.05) is 12.4 Å². The Morgan fingerprint density at radius 1 is 1.19 bits per heavy atom. The molecule has 1 atom stereocenters. The van der Waals surface area contributed by atoms with Crippen LogP contribution in [0.3, 0.4) is 0 Å². The molecule has 16 heavy (non-hydrogen) atoms. The standard InChI is InChI=1S/C13H18O2.Na/c1-9(2)10(3)12-6-4-11(5-7-12)8-13(14)15;/h4-7,9-10H,8H2,1-3H3,(H,14,15);/q;+1/p-1. The summed E-state index contributed by atoms with van der Waals surface area (Å²) in [6.45, 7) is 6.54. The van der Waals surface area contributed by atoms with Crippen molar-refractivity contribution in [1.82, 2.24) is 0 Å². The molecule has 0 aliphatic heterocycles. The molecule has 0 aliphatic rings. The van der Waals surface area contributed by atoms with E-state index in [-0.39, 0.29) is 36.0 Å². The van der Waals surface area contributed by atoms with E-state index < -0.39 is 5.97 Å². The van der Waals surface area contributed by atoms with Crippen LogP contribution in [0.1, 0.15) is 37.8 Å². The maximum atomic E-state index is 10.4. The minimum absolute atomic E-state index is 0. The van der Waals surface area contributed by atoms with Crippen LogP contribution < -0.4 is 34.7 Å². The van der Waals surface area contributed by atoms with Crippen molar-refractivity contribution in [3.05, 3.63) is 35.4 Å². The fourth-order valence-corrected chi connectivity index (χ4v) is 1.49. The number of carboxylic acids is 1. The van der Waals surface area contributed by atoms with E-state index in [1.54, 1.807) is 0 Å². The summed E-state index contributed by atoms with van der Waals surface area (Å²) >= 11 is 0. The number of carbonyl (C=O) groups is 1. The molecule has 1 aromatic rings. The Morgan fingerprint density at radius 3 is 2.06 bits per heavy atom. The third-order valence-corrected chi connectivity index (χ3v) is 2.85. The molecule has 0 spiro atoms. The van der Waals surface area contributed by atoms with Gasteiger partial charge >= 0.3 is 29.6 Å². The summed E-state index contributed by atoms with van der Waals surface area (Å²) in [6.07, 6.45) is -0.00363. The van der Waals surface area contributed by atoms with Crippen molar-refractivity contribution in [2.75, 3.05) is 0 Å². The number of carboxylic acid groups (broad SMARTS) is 1. The number of hydrogen-bond donors (Lipinski definition) is 0. The molecular weight excluding hydrogens is 211 g/mol. The maximum Gasteiger partial charge on any atom is 1.00 e. The topological polar surface area (TPSA) is 40.1 Å². The average molecular weight is 228 g/mol. The normalized spacial score (nSPS) is 12.0. The summed E-state index contributed by atoms with van der Waals surface area (Å²) < 4.78 is 0. The quantitative estimate of drug-likeness (QED) is 0.604. The first-order valence-electron chi connectivity index (χ1n) is 5.29. The zero-order chi connectivity index (χ0) is 11.4. The van der Waals surface area contributed by atoms with Crippen molar-refractivity contribution in [3.8, 4) is 0 Å². The first-order chi connectivity index (χ1) is 7.00. The van der Waals surface area contributed by atoms with E-state index in [9.17, 15) is 9.90 Å². The van der Waals surface area contributed by atoms with Gasteiger partial charge in [-0.1, -0.05) is 45.0 Å². The summed E-state index contributed by atoms with van der Waals surface area (Å²) in [4.78, 5) is 10.4. The van der Waals surface area contributed by atoms with E-state index in [0.29, 0.717) is 11.8 Å². The summed E-state index contributed by atoms with van der Waals surface area (Å²) in [5.74, 6) is 0.0682. The monoisotopic (exact) mass is 228 g/mol. The average Bonchev–Trinajstić information content (AvgIpc) is 2.17. The third-order valence-electron chi connectivity index (χ3n) is 2.85. The molecule has 0 aliphatic carbocycles. The molecule has 0 radical (unpaired) electrons. The maximum absolute atomic E-state index is 10.4. The van der Waals surface area contributed by atoms with E-state index in [0.717, 1.165) is 5.56 Å². The minimum atomic E-state index is -1.03. The summed E-state index contributed by atoms with van der Waals surface area (Å²) in [6, 6.07) is 7.74. The van der Waals surface area contributed by atoms with Gasteiger partial charge in [-0.25, -0.2) is 0 Å². The summed E-state index contributed by atoms with van der Waals surface area (Å²) in [5, 5.41) is 10.4. The second kappa shape index (κ2) is 7.10. The number of carbonyl (C=O) groups excluding carboxylic acids is 1. The SMILES string of the molecule is CC(C)C(C)c1ccc(CC(=O)[O-])cc1.[Na+]. The van der Waals surface area contributed by atoms with Crippen LogP contribution in [-0.2, 0) is 11.2 Å². The van der Waals surface area contributed by atoms with Gasteiger partial charge in [-0.15, -0.1) is 0 Å². The Balaban J connectivity index is 0.00000225. The second-order valence-corrected chi connectivity index (χ2v) is 4.32. The molecule has 2 nitrogen and oxygen atoms in total. The predicted octanol–water partition coefficient (Wildman–Crippen LogP) is -1.26. The molecule has 0 saturated carbocycles. The molecule has 0 bridgehead atoms. The second-order valence-electron chi connectivity index (χ2n) is 4.32. The van der Waals surface area contributed by atoms with Crippen LogP contribution in [0, 0.1) is 5.92 Å². The number of hydrogen-bond acceptors (Lipinski definition) is 2. The van der Waals surface area contributed by atoms with Gasteiger partial charge in [-0.3, -0.25) is 0 Å². The number of benzene rings is 1. The fraction of sp³-hybridized carbons (Fsp3) is 0.462. The Kier molecular flexibility index (Phi) is 6.96. The molecule has 0 heterocycles. The van der Waals surface area contributed by atoms with Gasteiger partial charge in [0.2, 0.25) is 0 Å². The van der Waals surface area contributed by atoms with Crippen LogP contribution in [0.25, 0.3) is 0 Å². The van der Waals surface area contributed by atoms with Crippen LogP contribution >= 0.6 is 0 Å². The number of rotatable bonds is 4. The van der Waals surface area contributed by atoms with Gasteiger partial charge in [0.15, 0.2) is 0 Å². The van der Waals surface area contributed by atoms with Gasteiger partial charge in [-0.2, -0.15) is 0 Å².